The fourth-order valence-electron chi connectivity index (χ4n) is 2.82. The van der Waals surface area contributed by atoms with Crippen molar-refractivity contribution in [1.82, 2.24) is 0 Å². The van der Waals surface area contributed by atoms with Gasteiger partial charge < -0.3 is 14.2 Å². The van der Waals surface area contributed by atoms with Crippen molar-refractivity contribution < 1.29 is 23.8 Å². The van der Waals surface area contributed by atoms with Crippen molar-refractivity contribution in [3.05, 3.63) is 47.6 Å². The third-order valence-corrected chi connectivity index (χ3v) is 4.21. The molecule has 5 heteroatoms. The van der Waals surface area contributed by atoms with Crippen LogP contribution < -0.4 is 0 Å². The zero-order chi connectivity index (χ0) is 18.4. The summed E-state index contributed by atoms with van der Waals surface area (Å²) in [6.07, 6.45) is 7.13. The lowest BCUT2D eigenvalue weighted by Crippen LogP contribution is -2.38. The largest absolute Gasteiger partial charge is 0.463 e. The number of carbonyl (C=O) groups excluding carboxylic acids is 2. The second-order valence-corrected chi connectivity index (χ2v) is 6.38. The molecule has 136 valence electrons. The molecule has 1 aliphatic carbocycles. The highest BCUT2D eigenvalue weighted by molar-refractivity contribution is 5.96. The van der Waals surface area contributed by atoms with E-state index in [0.29, 0.717) is 25.2 Å². The van der Waals surface area contributed by atoms with Crippen molar-refractivity contribution in [3.63, 3.8) is 0 Å². The van der Waals surface area contributed by atoms with Crippen LogP contribution in [0.2, 0.25) is 0 Å². The lowest BCUT2D eigenvalue weighted by Gasteiger charge is -2.36. The molecule has 1 aliphatic heterocycles. The van der Waals surface area contributed by atoms with Gasteiger partial charge >= 0.3 is 5.97 Å². The Balaban J connectivity index is 2.17. The second kappa shape index (κ2) is 8.92. The smallest absolute Gasteiger partial charge is 0.330 e. The Labute approximate surface area is 149 Å². The van der Waals surface area contributed by atoms with Crippen LogP contribution in [0.4, 0.5) is 0 Å². The van der Waals surface area contributed by atoms with Gasteiger partial charge in [0.25, 0.3) is 0 Å². The minimum Gasteiger partial charge on any atom is -0.463 e. The predicted octanol–water partition coefficient (Wildman–Crippen LogP) is 3.28. The zero-order valence-corrected chi connectivity index (χ0v) is 15.1. The molecule has 0 fully saturated rings. The highest BCUT2D eigenvalue weighted by Crippen LogP contribution is 2.35. The molecule has 0 saturated heterocycles. The molecule has 2 rings (SSSR count). The van der Waals surface area contributed by atoms with Crippen LogP contribution in [0.15, 0.2) is 47.6 Å². The van der Waals surface area contributed by atoms with Gasteiger partial charge in [-0.15, -0.1) is 6.58 Å². The number of hydrogen-bond acceptors (Lipinski definition) is 5. The van der Waals surface area contributed by atoms with Crippen molar-refractivity contribution in [1.29, 1.82) is 0 Å². The molecule has 0 aromatic heterocycles. The lowest BCUT2D eigenvalue weighted by molar-refractivity contribution is -0.152. The van der Waals surface area contributed by atoms with Gasteiger partial charge in [-0.1, -0.05) is 11.6 Å². The first-order chi connectivity index (χ1) is 11.9. The lowest BCUT2D eigenvalue weighted by atomic mass is 9.80. The minimum absolute atomic E-state index is 0.0990. The van der Waals surface area contributed by atoms with Crippen LogP contribution in [0, 0.1) is 5.92 Å². The summed E-state index contributed by atoms with van der Waals surface area (Å²) in [5, 5.41) is 0. The van der Waals surface area contributed by atoms with Crippen LogP contribution in [0.3, 0.4) is 0 Å². The number of esters is 1. The predicted molar refractivity (Wildman–Crippen MR) is 94.8 cm³/mol. The van der Waals surface area contributed by atoms with Gasteiger partial charge in [0.2, 0.25) is 0 Å². The molecule has 25 heavy (non-hydrogen) atoms. The average Bonchev–Trinajstić information content (AvgIpc) is 2.54. The highest BCUT2D eigenvalue weighted by Gasteiger charge is 2.36. The van der Waals surface area contributed by atoms with Crippen molar-refractivity contribution in [2.24, 2.45) is 5.92 Å². The van der Waals surface area contributed by atoms with Gasteiger partial charge in [0, 0.05) is 18.4 Å². The van der Waals surface area contributed by atoms with Crippen LogP contribution >= 0.6 is 0 Å². The van der Waals surface area contributed by atoms with Crippen LogP contribution in [0.25, 0.3) is 0 Å². The van der Waals surface area contributed by atoms with E-state index in [4.69, 9.17) is 14.2 Å². The molecular formula is C20H26O5. The first kappa shape index (κ1) is 19.3. The number of ketones is 1. The number of hydrogen-bond donors (Lipinski definition) is 0. The summed E-state index contributed by atoms with van der Waals surface area (Å²) in [6, 6.07) is 0. The molecule has 0 aromatic rings. The molecule has 0 radical (unpaired) electrons. The van der Waals surface area contributed by atoms with Gasteiger partial charge in [0.15, 0.2) is 12.1 Å². The molecule has 1 heterocycles. The standard InChI is InChI=1S/C20H26O5/c1-5-23-19(22)7-6-15-11-20(24-9-8-13(2)3)25-18-10-14(4)17(21)12-16(15)18/h6-7,10-11,16,18,20H,2,5,8-9,12H2,1,3-4H3/b7-6+. The Morgan fingerprint density at radius 2 is 2.20 bits per heavy atom. The summed E-state index contributed by atoms with van der Waals surface area (Å²) in [5.74, 6) is -0.412. The summed E-state index contributed by atoms with van der Waals surface area (Å²) in [5.41, 5.74) is 2.61. The molecule has 0 aromatic carbocycles. The van der Waals surface area contributed by atoms with E-state index in [2.05, 4.69) is 6.58 Å². The summed E-state index contributed by atoms with van der Waals surface area (Å²) < 4.78 is 16.7. The molecule has 0 N–H and O–H groups in total. The number of fused-ring (bicyclic) bond motifs is 1. The Hall–Kier alpha value is -1.98. The van der Waals surface area contributed by atoms with Crippen LogP contribution in [-0.4, -0.2) is 37.4 Å². The molecule has 0 bridgehead atoms. The van der Waals surface area contributed by atoms with Crippen molar-refractivity contribution in [2.75, 3.05) is 13.2 Å². The van der Waals surface area contributed by atoms with Crippen LogP contribution in [0.5, 0.6) is 0 Å². The highest BCUT2D eigenvalue weighted by atomic mass is 16.7. The number of Topliss-reactive ketones (excluding diaryl/α,β-unsaturated/α-hetero) is 1. The van der Waals surface area contributed by atoms with E-state index in [1.54, 1.807) is 19.9 Å². The van der Waals surface area contributed by atoms with E-state index in [0.717, 1.165) is 17.6 Å². The third kappa shape index (κ3) is 5.51. The van der Waals surface area contributed by atoms with E-state index in [1.165, 1.54) is 6.08 Å². The first-order valence-corrected chi connectivity index (χ1v) is 8.60. The molecule has 5 nitrogen and oxygen atoms in total. The minimum atomic E-state index is -0.514. The maximum Gasteiger partial charge on any atom is 0.330 e. The van der Waals surface area contributed by atoms with Gasteiger partial charge in [0.1, 0.15) is 0 Å². The van der Waals surface area contributed by atoms with E-state index < -0.39 is 12.3 Å². The SMILES string of the molecule is C=C(C)CCOC1C=C(/C=C/C(=O)OCC)C2CC(=O)C(C)=CC2O1. The van der Waals surface area contributed by atoms with Crippen LogP contribution in [0.1, 0.15) is 33.6 Å². The topological polar surface area (TPSA) is 61.8 Å². The van der Waals surface area contributed by atoms with Crippen LogP contribution in [-0.2, 0) is 23.8 Å². The summed E-state index contributed by atoms with van der Waals surface area (Å²) in [7, 11) is 0. The van der Waals surface area contributed by atoms with Gasteiger partial charge in [0.05, 0.1) is 19.3 Å². The van der Waals surface area contributed by atoms with E-state index in [9.17, 15) is 9.59 Å². The number of rotatable bonds is 7. The quantitative estimate of drug-likeness (QED) is 0.402. The van der Waals surface area contributed by atoms with Crippen molar-refractivity contribution in [2.45, 2.75) is 46.0 Å². The first-order valence-electron chi connectivity index (χ1n) is 8.60. The fourth-order valence-corrected chi connectivity index (χ4v) is 2.82. The Morgan fingerprint density at radius 3 is 2.88 bits per heavy atom. The summed E-state index contributed by atoms with van der Waals surface area (Å²) in [4.78, 5) is 23.7. The molecule has 0 amide bonds. The van der Waals surface area contributed by atoms with Gasteiger partial charge in [-0.2, -0.15) is 0 Å². The van der Waals surface area contributed by atoms with E-state index in [-0.39, 0.29) is 17.8 Å². The number of allylic oxidation sites excluding steroid dienone is 2. The molecule has 0 saturated carbocycles. The monoisotopic (exact) mass is 346 g/mol. The summed E-state index contributed by atoms with van der Waals surface area (Å²) >= 11 is 0. The molecular weight excluding hydrogens is 320 g/mol. The third-order valence-electron chi connectivity index (χ3n) is 4.21. The Bertz CT molecular complexity index is 626. The summed E-state index contributed by atoms with van der Waals surface area (Å²) in [6.45, 7) is 10.2. The van der Waals surface area contributed by atoms with Crippen molar-refractivity contribution in [3.8, 4) is 0 Å². The Morgan fingerprint density at radius 1 is 1.44 bits per heavy atom. The number of ether oxygens (including phenoxy) is 3. The maximum atomic E-state index is 12.1. The number of carbonyl (C=O) groups is 2. The zero-order valence-electron chi connectivity index (χ0n) is 15.1. The molecule has 3 unspecified atom stereocenters. The second-order valence-electron chi connectivity index (χ2n) is 6.38. The average molecular weight is 346 g/mol. The molecule has 0 spiro atoms. The Kier molecular flexibility index (Phi) is 6.91. The van der Waals surface area contributed by atoms with E-state index in [1.807, 2.05) is 19.1 Å². The maximum absolute atomic E-state index is 12.1. The van der Waals surface area contributed by atoms with Gasteiger partial charge in [-0.05, 0) is 50.5 Å². The van der Waals surface area contributed by atoms with Gasteiger partial charge in [-0.25, -0.2) is 4.79 Å². The van der Waals surface area contributed by atoms with Crippen molar-refractivity contribution >= 4 is 11.8 Å². The molecule has 2 aliphatic rings. The van der Waals surface area contributed by atoms with E-state index >= 15 is 0 Å². The molecule has 3 atom stereocenters. The van der Waals surface area contributed by atoms with Gasteiger partial charge in [-0.3, -0.25) is 4.79 Å². The fraction of sp³-hybridized carbons (Fsp3) is 0.500. The normalized spacial score (nSPS) is 26.0.